The van der Waals surface area contributed by atoms with E-state index in [2.05, 4.69) is 6.08 Å². The van der Waals surface area contributed by atoms with E-state index in [9.17, 15) is 9.90 Å². The second-order valence-corrected chi connectivity index (χ2v) is 5.11. The number of carbonyl (C=O) groups is 1. The van der Waals surface area contributed by atoms with Gasteiger partial charge in [-0.2, -0.15) is 0 Å². The van der Waals surface area contributed by atoms with Crippen molar-refractivity contribution in [3.63, 3.8) is 0 Å². The lowest BCUT2D eigenvalue weighted by Gasteiger charge is -2.28. The molecule has 1 amide bonds. The monoisotopic (exact) mass is 275 g/mol. The fourth-order valence-electron chi connectivity index (χ4n) is 2.56. The molecular formula is C16H21NO3. The quantitative estimate of drug-likeness (QED) is 0.829. The molecule has 0 spiro atoms. The highest BCUT2D eigenvalue weighted by atomic mass is 16.4. The number of nitrogens with zero attached hydrogens (tertiary/aromatic N) is 1. The Labute approximate surface area is 119 Å². The number of aliphatic hydroxyl groups excluding tert-OH is 1. The fourth-order valence-corrected chi connectivity index (χ4v) is 2.56. The molecule has 0 fully saturated rings. The van der Waals surface area contributed by atoms with Crippen LogP contribution in [0.2, 0.25) is 0 Å². The van der Waals surface area contributed by atoms with Crippen molar-refractivity contribution in [1.82, 2.24) is 0 Å². The largest absolute Gasteiger partial charge is 0.465 e. The number of allylic oxidation sites excluding steroid dienone is 1. The summed E-state index contributed by atoms with van der Waals surface area (Å²) >= 11 is 0. The first-order valence-electron chi connectivity index (χ1n) is 7.11. The number of carboxylic acid groups (broad SMARTS) is 1. The Morgan fingerprint density at radius 1 is 1.20 bits per heavy atom. The summed E-state index contributed by atoms with van der Waals surface area (Å²) in [5, 5.41) is 18.6. The van der Waals surface area contributed by atoms with Gasteiger partial charge in [0.05, 0.1) is 12.6 Å². The van der Waals surface area contributed by atoms with Crippen LogP contribution >= 0.6 is 0 Å². The van der Waals surface area contributed by atoms with Gasteiger partial charge in [0.25, 0.3) is 0 Å². The van der Waals surface area contributed by atoms with E-state index in [0.717, 1.165) is 31.2 Å². The first-order chi connectivity index (χ1) is 9.72. The zero-order valence-electron chi connectivity index (χ0n) is 11.5. The number of hydrogen-bond donors (Lipinski definition) is 2. The van der Waals surface area contributed by atoms with Crippen LogP contribution < -0.4 is 4.90 Å². The standard InChI is InChI=1S/C16H21NO3/c18-12-13-8-10-15(11-9-13)17(16(19)20)14-6-4-2-1-3-5-7-14/h4,6,8-11,14,18H,1-3,5,7,12H2,(H,19,20)/b6-4+. The second kappa shape index (κ2) is 7.10. The number of rotatable bonds is 3. The summed E-state index contributed by atoms with van der Waals surface area (Å²) < 4.78 is 0. The van der Waals surface area contributed by atoms with Gasteiger partial charge in [0, 0.05) is 5.69 Å². The molecule has 20 heavy (non-hydrogen) atoms. The van der Waals surface area contributed by atoms with Crippen molar-refractivity contribution in [3.8, 4) is 0 Å². The maximum atomic E-state index is 11.6. The molecule has 0 saturated heterocycles. The van der Waals surface area contributed by atoms with E-state index < -0.39 is 6.09 Å². The molecule has 0 bridgehead atoms. The van der Waals surface area contributed by atoms with E-state index in [1.165, 1.54) is 11.3 Å². The maximum absolute atomic E-state index is 11.6. The van der Waals surface area contributed by atoms with Crippen molar-refractivity contribution < 1.29 is 15.0 Å². The molecule has 0 saturated carbocycles. The second-order valence-electron chi connectivity index (χ2n) is 5.11. The van der Waals surface area contributed by atoms with Gasteiger partial charge in [-0.3, -0.25) is 4.90 Å². The summed E-state index contributed by atoms with van der Waals surface area (Å²) in [5.74, 6) is 0. The van der Waals surface area contributed by atoms with Crippen LogP contribution in [0.3, 0.4) is 0 Å². The molecule has 1 aliphatic carbocycles. The molecule has 2 rings (SSSR count). The van der Waals surface area contributed by atoms with Crippen molar-refractivity contribution >= 4 is 11.8 Å². The Kier molecular flexibility index (Phi) is 5.18. The van der Waals surface area contributed by atoms with Crippen LogP contribution in [0, 0.1) is 0 Å². The molecular weight excluding hydrogens is 254 g/mol. The van der Waals surface area contributed by atoms with Gasteiger partial charge in [-0.25, -0.2) is 4.79 Å². The van der Waals surface area contributed by atoms with Crippen LogP contribution in [-0.4, -0.2) is 22.3 Å². The fraction of sp³-hybridized carbons (Fsp3) is 0.438. The van der Waals surface area contributed by atoms with Gasteiger partial charge in [0.2, 0.25) is 0 Å². The highest BCUT2D eigenvalue weighted by molar-refractivity contribution is 5.87. The number of anilines is 1. The van der Waals surface area contributed by atoms with E-state index in [1.54, 1.807) is 24.3 Å². The zero-order chi connectivity index (χ0) is 14.4. The Balaban J connectivity index is 2.24. The van der Waals surface area contributed by atoms with E-state index in [4.69, 9.17) is 5.11 Å². The molecule has 4 nitrogen and oxygen atoms in total. The van der Waals surface area contributed by atoms with E-state index in [1.807, 2.05) is 6.08 Å². The van der Waals surface area contributed by atoms with Crippen molar-refractivity contribution in [3.05, 3.63) is 42.0 Å². The van der Waals surface area contributed by atoms with Gasteiger partial charge in [0.1, 0.15) is 0 Å². The molecule has 2 N–H and O–H groups in total. The predicted molar refractivity (Wildman–Crippen MR) is 78.9 cm³/mol. The summed E-state index contributed by atoms with van der Waals surface area (Å²) in [5.41, 5.74) is 1.44. The predicted octanol–water partition coefficient (Wildman–Crippen LogP) is 3.55. The van der Waals surface area contributed by atoms with Crippen molar-refractivity contribution in [2.45, 2.75) is 44.8 Å². The third kappa shape index (κ3) is 3.61. The van der Waals surface area contributed by atoms with Gasteiger partial charge >= 0.3 is 6.09 Å². The third-order valence-electron chi connectivity index (χ3n) is 3.66. The summed E-state index contributed by atoms with van der Waals surface area (Å²) in [6, 6.07) is 6.93. The van der Waals surface area contributed by atoms with Crippen LogP contribution in [0.4, 0.5) is 10.5 Å². The molecule has 0 heterocycles. The molecule has 4 heteroatoms. The Bertz CT molecular complexity index is 467. The Morgan fingerprint density at radius 2 is 1.95 bits per heavy atom. The van der Waals surface area contributed by atoms with Gasteiger partial charge in [-0.1, -0.05) is 37.1 Å². The molecule has 1 unspecified atom stereocenters. The van der Waals surface area contributed by atoms with Gasteiger partial charge < -0.3 is 10.2 Å². The minimum Gasteiger partial charge on any atom is -0.465 e. The SMILES string of the molecule is O=C(O)N(c1ccc(CO)cc1)C1/C=C/CCCCC1. The van der Waals surface area contributed by atoms with Gasteiger partial charge in [-0.05, 0) is 37.0 Å². The number of benzene rings is 1. The molecule has 1 aromatic carbocycles. The molecule has 1 aliphatic rings. The highest BCUT2D eigenvalue weighted by Crippen LogP contribution is 2.24. The smallest absolute Gasteiger partial charge is 0.412 e. The van der Waals surface area contributed by atoms with Crippen LogP contribution in [0.15, 0.2) is 36.4 Å². The first kappa shape index (κ1) is 14.6. The number of hydrogen-bond acceptors (Lipinski definition) is 2. The third-order valence-corrected chi connectivity index (χ3v) is 3.66. The van der Waals surface area contributed by atoms with Crippen molar-refractivity contribution in [2.24, 2.45) is 0 Å². The van der Waals surface area contributed by atoms with Crippen molar-refractivity contribution in [2.75, 3.05) is 4.90 Å². The summed E-state index contributed by atoms with van der Waals surface area (Å²) in [6.45, 7) is -0.0311. The minimum atomic E-state index is -0.933. The topological polar surface area (TPSA) is 60.8 Å². The van der Waals surface area contributed by atoms with Crippen LogP contribution in [-0.2, 0) is 6.61 Å². The lowest BCUT2D eigenvalue weighted by molar-refractivity contribution is 0.199. The average Bonchev–Trinajstić information content (AvgIpc) is 2.41. The molecule has 1 atom stereocenters. The lowest BCUT2D eigenvalue weighted by atomic mass is 10.0. The van der Waals surface area contributed by atoms with Crippen molar-refractivity contribution in [1.29, 1.82) is 0 Å². The summed E-state index contributed by atoms with van der Waals surface area (Å²) in [4.78, 5) is 13.0. The van der Waals surface area contributed by atoms with E-state index in [0.29, 0.717) is 5.69 Å². The molecule has 108 valence electrons. The van der Waals surface area contributed by atoms with Crippen LogP contribution in [0.5, 0.6) is 0 Å². The minimum absolute atomic E-state index is 0.0311. The maximum Gasteiger partial charge on any atom is 0.412 e. The van der Waals surface area contributed by atoms with E-state index >= 15 is 0 Å². The lowest BCUT2D eigenvalue weighted by Crippen LogP contribution is -2.38. The van der Waals surface area contributed by atoms with Crippen LogP contribution in [0.25, 0.3) is 0 Å². The number of aliphatic hydroxyl groups is 1. The molecule has 0 radical (unpaired) electrons. The normalized spacial score (nSPS) is 20.8. The highest BCUT2D eigenvalue weighted by Gasteiger charge is 2.23. The van der Waals surface area contributed by atoms with Gasteiger partial charge in [0.15, 0.2) is 0 Å². The van der Waals surface area contributed by atoms with E-state index in [-0.39, 0.29) is 12.6 Å². The average molecular weight is 275 g/mol. The summed E-state index contributed by atoms with van der Waals surface area (Å²) in [7, 11) is 0. The number of amides is 1. The molecule has 1 aromatic rings. The Hall–Kier alpha value is -1.81. The van der Waals surface area contributed by atoms with Gasteiger partial charge in [-0.15, -0.1) is 0 Å². The zero-order valence-corrected chi connectivity index (χ0v) is 11.5. The first-order valence-corrected chi connectivity index (χ1v) is 7.11. The molecule has 0 aliphatic heterocycles. The Morgan fingerprint density at radius 3 is 2.60 bits per heavy atom. The summed E-state index contributed by atoms with van der Waals surface area (Å²) in [6.07, 6.45) is 8.41. The molecule has 0 aromatic heterocycles. The van der Waals surface area contributed by atoms with Crippen LogP contribution in [0.1, 0.15) is 37.7 Å².